The molecule has 0 atom stereocenters. The van der Waals surface area contributed by atoms with Gasteiger partial charge in [0.05, 0.1) is 14.2 Å². The summed E-state index contributed by atoms with van der Waals surface area (Å²) < 4.78 is 10.7. The summed E-state index contributed by atoms with van der Waals surface area (Å²) in [4.78, 5) is 0. The van der Waals surface area contributed by atoms with Gasteiger partial charge >= 0.3 is 0 Å². The normalized spacial score (nSPS) is 14.7. The molecule has 0 saturated heterocycles. The first kappa shape index (κ1) is 13.4. The quantitative estimate of drug-likeness (QED) is 0.906. The molecule has 0 amide bonds. The predicted octanol–water partition coefficient (Wildman–Crippen LogP) is 3.38. The van der Waals surface area contributed by atoms with E-state index in [0.29, 0.717) is 0 Å². The first-order chi connectivity index (χ1) is 10.2. The summed E-state index contributed by atoms with van der Waals surface area (Å²) in [5.41, 5.74) is 4.38. The molecule has 0 fully saturated rings. The van der Waals surface area contributed by atoms with E-state index in [-0.39, 0.29) is 5.75 Å². The summed E-state index contributed by atoms with van der Waals surface area (Å²) >= 11 is 0. The van der Waals surface area contributed by atoms with Crippen LogP contribution in [0.25, 0.3) is 11.6 Å². The Kier molecular flexibility index (Phi) is 3.44. The summed E-state index contributed by atoms with van der Waals surface area (Å²) in [5, 5.41) is 12.7. The van der Waals surface area contributed by atoms with Crippen LogP contribution in [0, 0.1) is 0 Å². The van der Waals surface area contributed by atoms with Gasteiger partial charge < -0.3 is 19.9 Å². The van der Waals surface area contributed by atoms with Gasteiger partial charge in [-0.15, -0.1) is 0 Å². The van der Waals surface area contributed by atoms with Crippen LogP contribution in [0.3, 0.4) is 0 Å². The van der Waals surface area contributed by atoms with Gasteiger partial charge in [0, 0.05) is 23.9 Å². The lowest BCUT2D eigenvalue weighted by atomic mass is 10.0. The fraction of sp³-hybridized carbons (Fsp3) is 0.176. The first-order valence-corrected chi connectivity index (χ1v) is 6.71. The van der Waals surface area contributed by atoms with Gasteiger partial charge in [-0.2, -0.15) is 0 Å². The number of ether oxygens (including phenoxy) is 2. The summed E-state index contributed by atoms with van der Waals surface area (Å²) in [7, 11) is 3.27. The zero-order valence-electron chi connectivity index (χ0n) is 12.0. The zero-order chi connectivity index (χ0) is 14.8. The molecule has 0 aliphatic carbocycles. The number of anilines is 1. The molecule has 2 N–H and O–H groups in total. The molecule has 0 spiro atoms. The number of benzene rings is 2. The van der Waals surface area contributed by atoms with Crippen LogP contribution in [0.1, 0.15) is 11.1 Å². The average Bonchev–Trinajstić information content (AvgIpc) is 2.90. The van der Waals surface area contributed by atoms with Gasteiger partial charge in [0.25, 0.3) is 0 Å². The molecular formula is C17H17NO3. The van der Waals surface area contributed by atoms with Crippen molar-refractivity contribution < 1.29 is 14.6 Å². The van der Waals surface area contributed by atoms with Crippen LogP contribution in [0.5, 0.6) is 17.2 Å². The summed E-state index contributed by atoms with van der Waals surface area (Å²) in [6, 6.07) is 11.1. The number of nitrogens with one attached hydrogen (secondary N) is 1. The van der Waals surface area contributed by atoms with Crippen molar-refractivity contribution in [2.24, 2.45) is 0 Å². The second kappa shape index (κ2) is 5.40. The van der Waals surface area contributed by atoms with Gasteiger partial charge in [0.1, 0.15) is 5.75 Å². The van der Waals surface area contributed by atoms with Crippen LogP contribution in [-0.4, -0.2) is 25.9 Å². The van der Waals surface area contributed by atoms with Crippen LogP contribution in [0.15, 0.2) is 36.4 Å². The Balaban J connectivity index is 2.01. The van der Waals surface area contributed by atoms with Crippen molar-refractivity contribution in [3.63, 3.8) is 0 Å². The van der Waals surface area contributed by atoms with E-state index < -0.39 is 0 Å². The fourth-order valence-corrected chi connectivity index (χ4v) is 2.48. The van der Waals surface area contributed by atoms with Gasteiger partial charge in [0.15, 0.2) is 11.5 Å². The molecule has 21 heavy (non-hydrogen) atoms. The van der Waals surface area contributed by atoms with Crippen LogP contribution < -0.4 is 14.8 Å². The second-order valence-electron chi connectivity index (χ2n) is 4.87. The smallest absolute Gasteiger partial charge is 0.162 e. The Morgan fingerprint density at radius 3 is 2.38 bits per heavy atom. The molecule has 1 heterocycles. The van der Waals surface area contributed by atoms with E-state index in [1.165, 1.54) is 5.57 Å². The maximum Gasteiger partial charge on any atom is 0.162 e. The lowest BCUT2D eigenvalue weighted by Gasteiger charge is -2.10. The van der Waals surface area contributed by atoms with Crippen LogP contribution in [0.2, 0.25) is 0 Å². The van der Waals surface area contributed by atoms with Gasteiger partial charge in [-0.25, -0.2) is 0 Å². The minimum Gasteiger partial charge on any atom is -0.508 e. The Hall–Kier alpha value is -2.62. The summed E-state index contributed by atoms with van der Waals surface area (Å²) in [5.74, 6) is 1.71. The SMILES string of the molecule is COc1cc2c(cc1OC)/C(=C\c1ccc(O)cc1)CN2. The van der Waals surface area contributed by atoms with Crippen LogP contribution in [-0.2, 0) is 0 Å². The van der Waals surface area contributed by atoms with Gasteiger partial charge in [-0.1, -0.05) is 12.1 Å². The third kappa shape index (κ3) is 2.52. The molecule has 0 saturated carbocycles. The number of phenols is 1. The van der Waals surface area contributed by atoms with Crippen molar-refractivity contribution in [3.05, 3.63) is 47.5 Å². The number of hydrogen-bond acceptors (Lipinski definition) is 4. The van der Waals surface area contributed by atoms with E-state index in [4.69, 9.17) is 9.47 Å². The standard InChI is InChI=1S/C17H17NO3/c1-20-16-8-14-12(7-11-3-5-13(19)6-4-11)10-18-15(14)9-17(16)21-2/h3-9,18-19H,10H2,1-2H3/b12-7-. The molecule has 108 valence electrons. The van der Waals surface area contributed by atoms with E-state index >= 15 is 0 Å². The Bertz CT molecular complexity index is 690. The van der Waals surface area contributed by atoms with Gasteiger partial charge in [0.2, 0.25) is 0 Å². The molecule has 1 aliphatic rings. The largest absolute Gasteiger partial charge is 0.508 e. The molecule has 0 radical (unpaired) electrons. The van der Waals surface area contributed by atoms with Gasteiger partial charge in [-0.3, -0.25) is 0 Å². The predicted molar refractivity (Wildman–Crippen MR) is 84.0 cm³/mol. The van der Waals surface area contributed by atoms with E-state index in [9.17, 15) is 5.11 Å². The van der Waals surface area contributed by atoms with Gasteiger partial charge in [-0.05, 0) is 35.4 Å². The van der Waals surface area contributed by atoms with Crippen molar-refractivity contribution in [2.45, 2.75) is 0 Å². The lowest BCUT2D eigenvalue weighted by Crippen LogP contribution is -1.93. The monoisotopic (exact) mass is 283 g/mol. The van der Waals surface area contributed by atoms with E-state index in [1.807, 2.05) is 24.3 Å². The maximum atomic E-state index is 9.34. The highest BCUT2D eigenvalue weighted by Gasteiger charge is 2.19. The van der Waals surface area contributed by atoms with Crippen molar-refractivity contribution in [3.8, 4) is 17.2 Å². The molecule has 4 heteroatoms. The number of fused-ring (bicyclic) bond motifs is 1. The highest BCUT2D eigenvalue weighted by molar-refractivity contribution is 5.94. The van der Waals surface area contributed by atoms with Crippen molar-refractivity contribution >= 4 is 17.3 Å². The number of rotatable bonds is 3. The number of hydrogen-bond donors (Lipinski definition) is 2. The maximum absolute atomic E-state index is 9.34. The van der Waals surface area contributed by atoms with E-state index in [1.54, 1.807) is 26.4 Å². The zero-order valence-corrected chi connectivity index (χ0v) is 12.0. The van der Waals surface area contributed by atoms with Crippen LogP contribution in [0.4, 0.5) is 5.69 Å². The Labute approximate surface area is 123 Å². The van der Waals surface area contributed by atoms with Crippen molar-refractivity contribution in [1.82, 2.24) is 0 Å². The average molecular weight is 283 g/mol. The molecular weight excluding hydrogens is 266 g/mol. The highest BCUT2D eigenvalue weighted by Crippen LogP contribution is 2.40. The number of aromatic hydroxyl groups is 1. The molecule has 3 rings (SSSR count). The van der Waals surface area contributed by atoms with E-state index in [2.05, 4.69) is 11.4 Å². The van der Waals surface area contributed by atoms with Crippen LogP contribution >= 0.6 is 0 Å². The Morgan fingerprint density at radius 1 is 1.05 bits per heavy atom. The minimum absolute atomic E-state index is 0.272. The Morgan fingerprint density at radius 2 is 1.71 bits per heavy atom. The molecule has 0 unspecified atom stereocenters. The number of methoxy groups -OCH3 is 2. The van der Waals surface area contributed by atoms with Crippen molar-refractivity contribution in [2.75, 3.05) is 26.1 Å². The van der Waals surface area contributed by atoms with E-state index in [0.717, 1.165) is 34.9 Å². The first-order valence-electron chi connectivity index (χ1n) is 6.71. The van der Waals surface area contributed by atoms with Crippen molar-refractivity contribution in [1.29, 1.82) is 0 Å². The third-order valence-corrected chi connectivity index (χ3v) is 3.57. The molecule has 1 aliphatic heterocycles. The summed E-state index contributed by atoms with van der Waals surface area (Å²) in [6.45, 7) is 0.756. The third-order valence-electron chi connectivity index (χ3n) is 3.57. The molecule has 2 aromatic rings. The minimum atomic E-state index is 0.272. The molecule has 0 bridgehead atoms. The molecule has 4 nitrogen and oxygen atoms in total. The lowest BCUT2D eigenvalue weighted by molar-refractivity contribution is 0.355. The molecule has 0 aromatic heterocycles. The topological polar surface area (TPSA) is 50.7 Å². The number of phenolic OH excluding ortho intramolecular Hbond substituents is 1. The fourth-order valence-electron chi connectivity index (χ4n) is 2.48. The highest BCUT2D eigenvalue weighted by atomic mass is 16.5. The molecule has 2 aromatic carbocycles. The summed E-state index contributed by atoms with van der Waals surface area (Å²) in [6.07, 6.45) is 2.10. The second-order valence-corrected chi connectivity index (χ2v) is 4.87.